The fraction of sp³-hybridized carbons (Fsp3) is 0.176. The van der Waals surface area contributed by atoms with Gasteiger partial charge in [-0.3, -0.25) is 0 Å². The Morgan fingerprint density at radius 3 is 2.54 bits per heavy atom. The van der Waals surface area contributed by atoms with Gasteiger partial charge in [0.15, 0.2) is 0 Å². The van der Waals surface area contributed by atoms with Gasteiger partial charge in [0, 0.05) is 5.56 Å². The Labute approximate surface area is 149 Å². The number of aromatic nitrogens is 2. The second-order valence-corrected chi connectivity index (χ2v) is 7.23. The molecule has 0 fully saturated rings. The van der Waals surface area contributed by atoms with Gasteiger partial charge >= 0.3 is 0 Å². The number of rotatable bonds is 6. The smallest absolute Gasteiger partial charge is 0.247 e. The Morgan fingerprint density at radius 1 is 1.15 bits per heavy atom. The predicted molar refractivity (Wildman–Crippen MR) is 91.4 cm³/mol. The Kier molecular flexibility index (Phi) is 5.01. The zero-order chi connectivity index (χ0) is 18.7. The van der Waals surface area contributed by atoms with E-state index in [1.165, 1.54) is 43.5 Å². The monoisotopic (exact) mass is 377 g/mol. The van der Waals surface area contributed by atoms with Crippen LogP contribution in [0.15, 0.2) is 51.8 Å². The molecular formula is C17H16FN3O4S. The minimum Gasteiger partial charge on any atom is -0.496 e. The number of sulfonamides is 1. The summed E-state index contributed by atoms with van der Waals surface area (Å²) in [5.74, 6) is 0.499. The van der Waals surface area contributed by atoms with E-state index >= 15 is 0 Å². The van der Waals surface area contributed by atoms with Crippen molar-refractivity contribution in [2.24, 2.45) is 0 Å². The topological polar surface area (TPSA) is 94.3 Å². The van der Waals surface area contributed by atoms with Crippen molar-refractivity contribution < 1.29 is 22.0 Å². The van der Waals surface area contributed by atoms with Crippen molar-refractivity contribution in [3.05, 3.63) is 59.7 Å². The normalized spacial score (nSPS) is 11.5. The van der Waals surface area contributed by atoms with Crippen molar-refractivity contribution in [2.45, 2.75) is 18.4 Å². The second kappa shape index (κ2) is 7.22. The third-order valence-electron chi connectivity index (χ3n) is 3.65. The molecule has 136 valence electrons. The summed E-state index contributed by atoms with van der Waals surface area (Å²) in [6.07, 6.45) is 0. The predicted octanol–water partition coefficient (Wildman–Crippen LogP) is 2.67. The summed E-state index contributed by atoms with van der Waals surface area (Å²) >= 11 is 0. The molecule has 0 saturated carbocycles. The standard InChI is InChI=1S/C17H16FN3O4S/c1-11-9-14(7-8-15(11)24-2)26(22,23)19-10-16-20-21-17(25-16)12-3-5-13(18)6-4-12/h3-9,19H,10H2,1-2H3. The largest absolute Gasteiger partial charge is 0.496 e. The summed E-state index contributed by atoms with van der Waals surface area (Å²) in [6.45, 7) is 1.59. The molecule has 3 rings (SSSR count). The van der Waals surface area contributed by atoms with Crippen molar-refractivity contribution in [3.8, 4) is 17.2 Å². The van der Waals surface area contributed by atoms with Gasteiger partial charge in [0.25, 0.3) is 0 Å². The van der Waals surface area contributed by atoms with Crippen molar-refractivity contribution in [3.63, 3.8) is 0 Å². The lowest BCUT2D eigenvalue weighted by molar-refractivity contribution is 0.411. The highest BCUT2D eigenvalue weighted by Crippen LogP contribution is 2.22. The summed E-state index contributed by atoms with van der Waals surface area (Å²) < 4.78 is 50.7. The molecule has 26 heavy (non-hydrogen) atoms. The first-order valence-electron chi connectivity index (χ1n) is 7.61. The quantitative estimate of drug-likeness (QED) is 0.710. The van der Waals surface area contributed by atoms with E-state index < -0.39 is 10.0 Å². The van der Waals surface area contributed by atoms with Crippen LogP contribution in [0.2, 0.25) is 0 Å². The number of halogens is 1. The van der Waals surface area contributed by atoms with E-state index in [0.717, 1.165) is 0 Å². The van der Waals surface area contributed by atoms with Crippen LogP contribution in [0.3, 0.4) is 0 Å². The van der Waals surface area contributed by atoms with E-state index in [4.69, 9.17) is 9.15 Å². The van der Waals surface area contributed by atoms with Crippen LogP contribution in [0.25, 0.3) is 11.5 Å². The molecule has 3 aromatic rings. The summed E-state index contributed by atoms with van der Waals surface area (Å²) in [6, 6.07) is 10.1. The Bertz CT molecular complexity index is 1020. The summed E-state index contributed by atoms with van der Waals surface area (Å²) in [5, 5.41) is 7.64. The fourth-order valence-electron chi connectivity index (χ4n) is 2.29. The van der Waals surface area contributed by atoms with Gasteiger partial charge in [-0.15, -0.1) is 10.2 Å². The molecule has 0 aliphatic heterocycles. The number of benzene rings is 2. The maximum absolute atomic E-state index is 12.9. The average molecular weight is 377 g/mol. The Hall–Kier alpha value is -2.78. The van der Waals surface area contributed by atoms with Crippen LogP contribution in [-0.2, 0) is 16.6 Å². The molecule has 0 atom stereocenters. The molecule has 0 saturated heterocycles. The van der Waals surface area contributed by atoms with Crippen molar-refractivity contribution in [1.29, 1.82) is 0 Å². The molecule has 0 aliphatic rings. The highest BCUT2D eigenvalue weighted by atomic mass is 32.2. The zero-order valence-electron chi connectivity index (χ0n) is 14.1. The molecule has 0 radical (unpaired) electrons. The van der Waals surface area contributed by atoms with Gasteiger partial charge in [-0.25, -0.2) is 17.5 Å². The lowest BCUT2D eigenvalue weighted by Crippen LogP contribution is -2.23. The molecule has 0 amide bonds. The van der Waals surface area contributed by atoms with E-state index in [1.54, 1.807) is 13.0 Å². The zero-order valence-corrected chi connectivity index (χ0v) is 14.9. The molecule has 2 aromatic carbocycles. The molecule has 0 bridgehead atoms. The molecule has 1 N–H and O–H groups in total. The van der Waals surface area contributed by atoms with Gasteiger partial charge < -0.3 is 9.15 Å². The first kappa shape index (κ1) is 18.0. The van der Waals surface area contributed by atoms with Crippen molar-refractivity contribution in [2.75, 3.05) is 7.11 Å². The van der Waals surface area contributed by atoms with E-state index in [2.05, 4.69) is 14.9 Å². The Balaban J connectivity index is 1.72. The molecule has 0 aliphatic carbocycles. The number of hydrogen-bond acceptors (Lipinski definition) is 6. The number of ether oxygens (including phenoxy) is 1. The summed E-state index contributed by atoms with van der Waals surface area (Å²) in [4.78, 5) is 0.106. The van der Waals surface area contributed by atoms with Crippen LogP contribution in [-0.4, -0.2) is 25.7 Å². The van der Waals surface area contributed by atoms with E-state index in [1.807, 2.05) is 0 Å². The molecular weight excluding hydrogens is 361 g/mol. The van der Waals surface area contributed by atoms with Gasteiger partial charge in [0.2, 0.25) is 21.8 Å². The van der Waals surface area contributed by atoms with Gasteiger partial charge in [-0.1, -0.05) is 0 Å². The molecule has 0 spiro atoms. The fourth-order valence-corrected chi connectivity index (χ4v) is 3.35. The van der Waals surface area contributed by atoms with Crippen molar-refractivity contribution >= 4 is 10.0 Å². The lowest BCUT2D eigenvalue weighted by atomic mass is 10.2. The minimum absolute atomic E-state index is 0.0955. The highest BCUT2D eigenvalue weighted by molar-refractivity contribution is 7.89. The lowest BCUT2D eigenvalue weighted by Gasteiger charge is -2.08. The molecule has 1 heterocycles. The molecule has 7 nitrogen and oxygen atoms in total. The number of aryl methyl sites for hydroxylation is 1. The summed E-state index contributed by atoms with van der Waals surface area (Å²) in [7, 11) is -2.23. The number of nitrogens with one attached hydrogen (secondary N) is 1. The van der Waals surface area contributed by atoms with E-state index in [-0.39, 0.29) is 29.0 Å². The van der Waals surface area contributed by atoms with E-state index in [0.29, 0.717) is 16.9 Å². The van der Waals surface area contributed by atoms with Crippen LogP contribution in [0.1, 0.15) is 11.5 Å². The van der Waals surface area contributed by atoms with Gasteiger partial charge in [0.05, 0.1) is 18.6 Å². The maximum Gasteiger partial charge on any atom is 0.247 e. The van der Waals surface area contributed by atoms with E-state index in [9.17, 15) is 12.8 Å². The van der Waals surface area contributed by atoms with Crippen molar-refractivity contribution in [1.82, 2.24) is 14.9 Å². The molecule has 1 aromatic heterocycles. The average Bonchev–Trinajstić information content (AvgIpc) is 3.10. The Morgan fingerprint density at radius 2 is 1.88 bits per heavy atom. The van der Waals surface area contributed by atoms with Gasteiger partial charge in [-0.2, -0.15) is 0 Å². The third kappa shape index (κ3) is 3.89. The SMILES string of the molecule is COc1ccc(S(=O)(=O)NCc2nnc(-c3ccc(F)cc3)o2)cc1C. The number of nitrogens with zero attached hydrogens (tertiary/aromatic N) is 2. The minimum atomic E-state index is -3.75. The summed E-state index contributed by atoms with van der Waals surface area (Å²) in [5.41, 5.74) is 1.24. The second-order valence-electron chi connectivity index (χ2n) is 5.46. The molecule has 9 heteroatoms. The van der Waals surface area contributed by atoms with Crippen LogP contribution < -0.4 is 9.46 Å². The van der Waals surface area contributed by atoms with Gasteiger partial charge in [0.1, 0.15) is 11.6 Å². The van der Waals surface area contributed by atoms with Crippen LogP contribution in [0.5, 0.6) is 5.75 Å². The third-order valence-corrected chi connectivity index (χ3v) is 5.05. The number of hydrogen-bond donors (Lipinski definition) is 1. The molecule has 0 unspecified atom stereocenters. The van der Waals surface area contributed by atoms with Crippen LogP contribution >= 0.6 is 0 Å². The van der Waals surface area contributed by atoms with Crippen LogP contribution in [0, 0.1) is 12.7 Å². The van der Waals surface area contributed by atoms with Gasteiger partial charge in [-0.05, 0) is 55.0 Å². The first-order chi connectivity index (χ1) is 12.4. The highest BCUT2D eigenvalue weighted by Gasteiger charge is 2.17. The maximum atomic E-state index is 12.9. The first-order valence-corrected chi connectivity index (χ1v) is 9.10. The number of methoxy groups -OCH3 is 1. The van der Waals surface area contributed by atoms with Crippen LogP contribution in [0.4, 0.5) is 4.39 Å².